The summed E-state index contributed by atoms with van der Waals surface area (Å²) in [7, 11) is 0. The van der Waals surface area contributed by atoms with E-state index in [2.05, 4.69) is 67.8 Å². The minimum Gasteiger partial charge on any atom is -0.394 e. The maximum atomic E-state index is 12.5. The molecular weight excluding hydrogens is 939 g/mol. The highest BCUT2D eigenvalue weighted by atomic mass is 16.3. The number of allylic oxidation sites excluding steroid dienone is 9. The van der Waals surface area contributed by atoms with E-state index in [1.807, 2.05) is 6.08 Å². The third-order valence-electron chi connectivity index (χ3n) is 16.2. The molecule has 2 atom stereocenters. The Labute approximate surface area is 483 Å². The first-order chi connectivity index (χ1) is 38.2. The topological polar surface area (TPSA) is 69.6 Å². The number of carbonyl (C=O) groups is 1. The Bertz CT molecular complexity index is 1270. The lowest BCUT2D eigenvalue weighted by Gasteiger charge is -2.19. The molecule has 77 heavy (non-hydrogen) atoms. The molecule has 2 unspecified atom stereocenters. The first-order valence-corrected chi connectivity index (χ1v) is 35.0. The van der Waals surface area contributed by atoms with Crippen molar-refractivity contribution >= 4 is 5.91 Å². The Balaban J connectivity index is 3.43. The van der Waals surface area contributed by atoms with Crippen molar-refractivity contribution in [1.29, 1.82) is 0 Å². The van der Waals surface area contributed by atoms with Crippen LogP contribution in [0.15, 0.2) is 60.8 Å². The van der Waals surface area contributed by atoms with Crippen LogP contribution in [-0.2, 0) is 4.79 Å². The van der Waals surface area contributed by atoms with Gasteiger partial charge in [-0.3, -0.25) is 4.79 Å². The Hall–Kier alpha value is -1.91. The molecule has 4 heteroatoms. The van der Waals surface area contributed by atoms with Gasteiger partial charge >= 0.3 is 0 Å². The molecule has 452 valence electrons. The third kappa shape index (κ3) is 64.8. The molecule has 0 aliphatic heterocycles. The van der Waals surface area contributed by atoms with Gasteiger partial charge in [-0.2, -0.15) is 0 Å². The summed E-state index contributed by atoms with van der Waals surface area (Å²) in [6.07, 6.45) is 97.4. The molecule has 4 nitrogen and oxygen atoms in total. The number of aliphatic hydroxyl groups is 2. The number of carbonyl (C=O) groups excluding carboxylic acids is 1. The molecule has 0 bridgehead atoms. The van der Waals surface area contributed by atoms with Gasteiger partial charge in [-0.1, -0.05) is 364 Å². The smallest absolute Gasteiger partial charge is 0.220 e. The van der Waals surface area contributed by atoms with Crippen LogP contribution in [0.4, 0.5) is 0 Å². The molecule has 3 N–H and O–H groups in total. The van der Waals surface area contributed by atoms with E-state index in [0.717, 1.165) is 44.9 Å². The van der Waals surface area contributed by atoms with Crippen molar-refractivity contribution in [2.75, 3.05) is 6.61 Å². The van der Waals surface area contributed by atoms with E-state index in [0.29, 0.717) is 6.42 Å². The number of amides is 1. The van der Waals surface area contributed by atoms with Gasteiger partial charge in [-0.05, 0) is 70.6 Å². The van der Waals surface area contributed by atoms with E-state index in [1.54, 1.807) is 6.08 Å². The van der Waals surface area contributed by atoms with E-state index in [1.165, 1.54) is 315 Å². The van der Waals surface area contributed by atoms with Crippen molar-refractivity contribution in [1.82, 2.24) is 5.32 Å². The zero-order chi connectivity index (χ0) is 55.5. The largest absolute Gasteiger partial charge is 0.394 e. The second-order valence-corrected chi connectivity index (χ2v) is 23.9. The number of nitrogens with one attached hydrogen (secondary N) is 1. The van der Waals surface area contributed by atoms with Crippen LogP contribution in [0.3, 0.4) is 0 Å². The van der Waals surface area contributed by atoms with Gasteiger partial charge in [0.05, 0.1) is 18.8 Å². The molecule has 0 aromatic rings. The van der Waals surface area contributed by atoms with E-state index < -0.39 is 12.1 Å². The fourth-order valence-corrected chi connectivity index (χ4v) is 10.9. The molecule has 0 rings (SSSR count). The van der Waals surface area contributed by atoms with Gasteiger partial charge in [-0.25, -0.2) is 0 Å². The molecule has 0 spiro atoms. The highest BCUT2D eigenvalue weighted by Gasteiger charge is 2.18. The molecule has 0 heterocycles. The van der Waals surface area contributed by atoms with E-state index in [9.17, 15) is 15.0 Å². The fraction of sp³-hybridized carbons (Fsp3) is 0.849. The number of rotatable bonds is 65. The van der Waals surface area contributed by atoms with Crippen molar-refractivity contribution in [2.45, 2.75) is 392 Å². The van der Waals surface area contributed by atoms with Gasteiger partial charge in [0, 0.05) is 6.42 Å². The van der Waals surface area contributed by atoms with Crippen molar-refractivity contribution < 1.29 is 15.0 Å². The number of hydrogen-bond donors (Lipinski definition) is 3. The van der Waals surface area contributed by atoms with Gasteiger partial charge in [0.25, 0.3) is 0 Å². The molecule has 0 aliphatic carbocycles. The Kier molecular flexibility index (Phi) is 66.7. The lowest BCUT2D eigenvalue weighted by molar-refractivity contribution is -0.123. The van der Waals surface area contributed by atoms with Crippen molar-refractivity contribution in [3.05, 3.63) is 60.8 Å². The van der Waals surface area contributed by atoms with Crippen molar-refractivity contribution in [2.24, 2.45) is 0 Å². The zero-order valence-electron chi connectivity index (χ0n) is 52.2. The van der Waals surface area contributed by atoms with Crippen LogP contribution in [0.5, 0.6) is 0 Å². The standard InChI is InChI=1S/C73H137NO3/c1-3-5-7-9-11-13-15-17-19-21-23-25-27-29-30-31-32-33-34-35-36-37-38-39-40-41-42-43-44-45-47-49-51-53-55-57-59-61-63-65-67-69-73(77)74-71(70-75)72(76)68-66-64-62-60-58-56-54-52-50-48-46-28-26-24-22-20-18-16-14-12-10-8-6-4-2/h15,17,21,23,27,29,58,60,66,68,71-72,75-76H,3-14,16,18-20,22,24-26,28,30-57,59,61-65,67,69-70H2,1-2H3,(H,74,77)/b17-15-,23-21-,29-27-,60-58+,68-66+. The maximum Gasteiger partial charge on any atom is 0.220 e. The van der Waals surface area contributed by atoms with Crippen LogP contribution in [0.25, 0.3) is 0 Å². The average molecular weight is 1080 g/mol. The van der Waals surface area contributed by atoms with E-state index in [4.69, 9.17) is 0 Å². The number of unbranched alkanes of at least 4 members (excludes halogenated alkanes) is 50. The summed E-state index contributed by atoms with van der Waals surface area (Å²) >= 11 is 0. The number of hydrogen-bond acceptors (Lipinski definition) is 3. The summed E-state index contributed by atoms with van der Waals surface area (Å²) < 4.78 is 0. The third-order valence-corrected chi connectivity index (χ3v) is 16.2. The monoisotopic (exact) mass is 1080 g/mol. The van der Waals surface area contributed by atoms with Gasteiger partial charge in [0.2, 0.25) is 5.91 Å². The van der Waals surface area contributed by atoms with Crippen molar-refractivity contribution in [3.8, 4) is 0 Å². The predicted octanol–water partition coefficient (Wildman–Crippen LogP) is 23.9. The highest BCUT2D eigenvalue weighted by molar-refractivity contribution is 5.76. The minimum absolute atomic E-state index is 0.0668. The molecule has 1 amide bonds. The van der Waals surface area contributed by atoms with Crippen LogP contribution >= 0.6 is 0 Å². The summed E-state index contributed by atoms with van der Waals surface area (Å²) in [4.78, 5) is 12.5. The number of aliphatic hydroxyl groups excluding tert-OH is 2. The van der Waals surface area contributed by atoms with E-state index >= 15 is 0 Å². The summed E-state index contributed by atoms with van der Waals surface area (Å²) in [5, 5.41) is 23.2. The van der Waals surface area contributed by atoms with Crippen molar-refractivity contribution in [3.63, 3.8) is 0 Å². The van der Waals surface area contributed by atoms with Gasteiger partial charge in [0.15, 0.2) is 0 Å². The van der Waals surface area contributed by atoms with Gasteiger partial charge in [-0.15, -0.1) is 0 Å². The Morgan fingerprint density at radius 3 is 0.844 bits per heavy atom. The first-order valence-electron chi connectivity index (χ1n) is 35.0. The molecule has 0 saturated carbocycles. The van der Waals surface area contributed by atoms with Gasteiger partial charge < -0.3 is 15.5 Å². The molecule has 0 saturated heterocycles. The second-order valence-electron chi connectivity index (χ2n) is 23.9. The minimum atomic E-state index is -0.863. The zero-order valence-corrected chi connectivity index (χ0v) is 52.2. The average Bonchev–Trinajstić information content (AvgIpc) is 3.43. The Morgan fingerprint density at radius 1 is 0.312 bits per heavy atom. The van der Waals surface area contributed by atoms with Crippen LogP contribution in [0, 0.1) is 0 Å². The summed E-state index contributed by atoms with van der Waals surface area (Å²) in [5.41, 5.74) is 0. The quantitative estimate of drug-likeness (QED) is 0.0420. The fourth-order valence-electron chi connectivity index (χ4n) is 10.9. The normalized spacial score (nSPS) is 13.0. The predicted molar refractivity (Wildman–Crippen MR) is 345 cm³/mol. The summed E-state index contributed by atoms with van der Waals surface area (Å²) in [6, 6.07) is -0.640. The second kappa shape index (κ2) is 68.4. The van der Waals surface area contributed by atoms with Crippen LogP contribution in [-0.4, -0.2) is 34.9 Å². The summed E-state index contributed by atoms with van der Waals surface area (Å²) in [5.74, 6) is -0.0668. The van der Waals surface area contributed by atoms with Crippen LogP contribution in [0.2, 0.25) is 0 Å². The van der Waals surface area contributed by atoms with E-state index in [-0.39, 0.29) is 12.5 Å². The highest BCUT2D eigenvalue weighted by Crippen LogP contribution is 2.19. The van der Waals surface area contributed by atoms with Crippen LogP contribution < -0.4 is 5.32 Å². The SMILES string of the molecule is CCCCCCC/C=C\C/C=C\C/C=C\CCCCCCCCCCCCCCCCCCCCCCCCCCCCC(=O)NC(CO)C(O)/C=C/CC/C=C/CCCCCCCCCCCCCCCCCCCC. The molecule has 0 fully saturated rings. The first kappa shape index (κ1) is 75.1. The summed E-state index contributed by atoms with van der Waals surface area (Å²) in [6.45, 7) is 4.32. The molecule has 0 aliphatic rings. The molecular formula is C73H137NO3. The van der Waals surface area contributed by atoms with Gasteiger partial charge in [0.1, 0.15) is 0 Å². The Morgan fingerprint density at radius 2 is 0.545 bits per heavy atom. The lowest BCUT2D eigenvalue weighted by Crippen LogP contribution is -2.45. The maximum absolute atomic E-state index is 12.5. The molecule has 0 radical (unpaired) electrons. The molecule has 0 aromatic carbocycles. The van der Waals surface area contributed by atoms with Crippen LogP contribution in [0.1, 0.15) is 380 Å². The molecule has 0 aromatic heterocycles. The lowest BCUT2D eigenvalue weighted by atomic mass is 10.0.